The average Bonchev–Trinajstić information content (AvgIpc) is 2.07. The summed E-state index contributed by atoms with van der Waals surface area (Å²) in [5, 5.41) is 13.7. The summed E-state index contributed by atoms with van der Waals surface area (Å²) in [6.07, 6.45) is 0.742. The van der Waals surface area contributed by atoms with Crippen molar-refractivity contribution in [1.82, 2.24) is 5.32 Å². The summed E-state index contributed by atoms with van der Waals surface area (Å²) in [6, 6.07) is 0. The highest BCUT2D eigenvalue weighted by Gasteiger charge is 2.51. The van der Waals surface area contributed by atoms with Gasteiger partial charge in [-0.1, -0.05) is 0 Å². The Kier molecular flexibility index (Phi) is 5.72. The van der Waals surface area contributed by atoms with Gasteiger partial charge in [0.05, 0.1) is 7.11 Å². The molecule has 0 saturated carbocycles. The number of aliphatic hydroxyl groups is 1. The van der Waals surface area contributed by atoms with Crippen molar-refractivity contribution >= 4 is 16.4 Å². The van der Waals surface area contributed by atoms with Gasteiger partial charge in [0, 0.05) is 23.9 Å². The summed E-state index contributed by atoms with van der Waals surface area (Å²) in [6.45, 7) is 7.90. The number of ether oxygens (including phenoxy) is 1. The zero-order chi connectivity index (χ0) is 16.4. The topological polar surface area (TPSA) is 133 Å². The molecule has 1 aliphatic heterocycles. The number of methoxy groups -OCH3 is 1. The van der Waals surface area contributed by atoms with Crippen molar-refractivity contribution in [1.29, 1.82) is 0 Å². The minimum absolute atomic E-state index is 0.273. The van der Waals surface area contributed by atoms with Gasteiger partial charge in [-0.15, -0.1) is 0 Å². The van der Waals surface area contributed by atoms with Gasteiger partial charge in [-0.2, -0.15) is 8.42 Å². The lowest BCUT2D eigenvalue weighted by Crippen LogP contribution is -2.65. The fraction of sp³-hybridized carbons (Fsp3) is 0.909. The summed E-state index contributed by atoms with van der Waals surface area (Å²) >= 11 is 0. The fourth-order valence-electron chi connectivity index (χ4n) is 2.86. The molecule has 1 saturated heterocycles. The van der Waals surface area contributed by atoms with E-state index in [0.29, 0.717) is 12.8 Å². The second kappa shape index (κ2) is 5.94. The van der Waals surface area contributed by atoms with Crippen molar-refractivity contribution in [3.63, 3.8) is 0 Å². The van der Waals surface area contributed by atoms with Gasteiger partial charge in [0.2, 0.25) is 0 Å². The van der Waals surface area contributed by atoms with Crippen LogP contribution in [0.3, 0.4) is 0 Å². The normalized spacial score (nSPS) is 23.2. The summed E-state index contributed by atoms with van der Waals surface area (Å²) < 4.78 is 36.2. The van der Waals surface area contributed by atoms with Gasteiger partial charge in [0.1, 0.15) is 0 Å². The van der Waals surface area contributed by atoms with Gasteiger partial charge in [-0.05, 0) is 27.7 Å². The fourth-order valence-corrected chi connectivity index (χ4v) is 2.86. The minimum Gasteiger partial charge on any atom is -0.467 e. The quantitative estimate of drug-likeness (QED) is 0.398. The molecule has 0 bridgehead atoms. The highest BCUT2D eigenvalue weighted by Crippen LogP contribution is 2.36. The van der Waals surface area contributed by atoms with Crippen molar-refractivity contribution in [2.75, 3.05) is 7.11 Å². The van der Waals surface area contributed by atoms with E-state index in [9.17, 15) is 9.90 Å². The van der Waals surface area contributed by atoms with Crippen LogP contribution in [0.5, 0.6) is 0 Å². The molecule has 1 fully saturated rings. The second-order valence-corrected chi connectivity index (χ2v) is 7.11. The Balaban J connectivity index is 0.000000621. The van der Waals surface area contributed by atoms with Crippen molar-refractivity contribution in [2.24, 2.45) is 0 Å². The van der Waals surface area contributed by atoms with Crippen LogP contribution in [0.4, 0.5) is 0 Å². The maximum atomic E-state index is 11.6. The van der Waals surface area contributed by atoms with E-state index in [2.05, 4.69) is 10.1 Å². The minimum atomic E-state index is -4.67. The maximum Gasteiger partial charge on any atom is 0.394 e. The Hall–Kier alpha value is -0.740. The van der Waals surface area contributed by atoms with Crippen LogP contribution in [0.1, 0.15) is 40.5 Å². The van der Waals surface area contributed by atoms with Crippen molar-refractivity contribution in [2.45, 2.75) is 57.2 Å². The molecule has 0 aromatic carbocycles. The van der Waals surface area contributed by atoms with Crippen LogP contribution < -0.4 is 5.32 Å². The number of hydrogen-bond acceptors (Lipinski definition) is 6. The summed E-state index contributed by atoms with van der Waals surface area (Å²) in [7, 11) is -3.36. The third kappa shape index (κ3) is 7.15. The van der Waals surface area contributed by atoms with Crippen LogP contribution in [-0.2, 0) is 19.9 Å². The van der Waals surface area contributed by atoms with Crippen LogP contribution >= 0.6 is 0 Å². The van der Waals surface area contributed by atoms with E-state index in [-0.39, 0.29) is 11.1 Å². The number of piperidine rings is 1. The number of carbonyl (C=O) groups is 1. The molecule has 0 aromatic heterocycles. The van der Waals surface area contributed by atoms with Gasteiger partial charge < -0.3 is 15.2 Å². The van der Waals surface area contributed by atoms with Crippen LogP contribution in [0.15, 0.2) is 0 Å². The Bertz CT molecular complexity index is 431. The Morgan fingerprint density at radius 1 is 1.10 bits per heavy atom. The van der Waals surface area contributed by atoms with Crippen LogP contribution in [0.2, 0.25) is 0 Å². The standard InChI is InChI=1S/C11H21NO3.H2O4S/c1-9(2)6-11(14,8(13)15-5)7-10(3,4)12-9;1-5(2,3)4/h12,14H,6-7H2,1-5H3;(H2,1,2,3,4). The van der Waals surface area contributed by atoms with E-state index in [4.69, 9.17) is 17.5 Å². The van der Waals surface area contributed by atoms with Crippen LogP contribution in [0, 0.1) is 0 Å². The molecule has 8 nitrogen and oxygen atoms in total. The molecule has 1 rings (SSSR count). The van der Waals surface area contributed by atoms with Crippen LogP contribution in [0.25, 0.3) is 0 Å². The Labute approximate surface area is 119 Å². The second-order valence-electron chi connectivity index (χ2n) is 6.22. The highest BCUT2D eigenvalue weighted by atomic mass is 32.3. The summed E-state index contributed by atoms with van der Waals surface area (Å²) in [4.78, 5) is 11.6. The molecule has 1 heterocycles. The average molecular weight is 313 g/mol. The van der Waals surface area contributed by atoms with Crippen molar-refractivity contribution in [3.05, 3.63) is 0 Å². The molecule has 9 heteroatoms. The van der Waals surface area contributed by atoms with E-state index in [1.165, 1.54) is 7.11 Å². The first kappa shape index (κ1) is 19.3. The molecule has 0 atom stereocenters. The van der Waals surface area contributed by atoms with Crippen molar-refractivity contribution in [3.8, 4) is 0 Å². The molecule has 20 heavy (non-hydrogen) atoms. The zero-order valence-electron chi connectivity index (χ0n) is 12.3. The molecule has 0 amide bonds. The molecular formula is C11H23NO7S. The van der Waals surface area contributed by atoms with E-state index in [1.807, 2.05) is 27.7 Å². The lowest BCUT2D eigenvalue weighted by molar-refractivity contribution is -0.172. The molecule has 0 aromatic rings. The van der Waals surface area contributed by atoms with Crippen LogP contribution in [-0.4, -0.2) is 52.4 Å². The van der Waals surface area contributed by atoms with Crippen molar-refractivity contribution < 1.29 is 32.2 Å². The number of hydrogen-bond donors (Lipinski definition) is 4. The molecule has 0 radical (unpaired) electrons. The molecular weight excluding hydrogens is 290 g/mol. The van der Waals surface area contributed by atoms with E-state index in [0.717, 1.165) is 0 Å². The monoisotopic (exact) mass is 313 g/mol. The van der Waals surface area contributed by atoms with E-state index < -0.39 is 22.0 Å². The molecule has 0 aliphatic carbocycles. The summed E-state index contributed by atoms with van der Waals surface area (Å²) in [5.41, 5.74) is -1.91. The Morgan fingerprint density at radius 3 is 1.65 bits per heavy atom. The third-order valence-corrected chi connectivity index (χ3v) is 2.71. The first-order valence-corrected chi connectivity index (χ1v) is 7.30. The van der Waals surface area contributed by atoms with E-state index in [1.54, 1.807) is 0 Å². The predicted molar refractivity (Wildman–Crippen MR) is 71.7 cm³/mol. The third-order valence-electron chi connectivity index (χ3n) is 2.71. The lowest BCUT2D eigenvalue weighted by atomic mass is 9.73. The molecule has 0 spiro atoms. The van der Waals surface area contributed by atoms with E-state index >= 15 is 0 Å². The van der Waals surface area contributed by atoms with Gasteiger partial charge in [0.25, 0.3) is 0 Å². The summed E-state index contributed by atoms with van der Waals surface area (Å²) in [5.74, 6) is -0.537. The van der Waals surface area contributed by atoms with Gasteiger partial charge in [-0.3, -0.25) is 9.11 Å². The molecule has 0 unspecified atom stereocenters. The molecule has 120 valence electrons. The smallest absolute Gasteiger partial charge is 0.394 e. The lowest BCUT2D eigenvalue weighted by Gasteiger charge is -2.49. The highest BCUT2D eigenvalue weighted by molar-refractivity contribution is 7.79. The molecule has 4 N–H and O–H groups in total. The predicted octanol–water partition coefficient (Wildman–Crippen LogP) is 0.178. The largest absolute Gasteiger partial charge is 0.467 e. The molecule has 1 aliphatic rings. The number of nitrogens with one attached hydrogen (secondary N) is 1. The first-order valence-electron chi connectivity index (χ1n) is 5.90. The maximum absolute atomic E-state index is 11.6. The number of rotatable bonds is 1. The first-order chi connectivity index (χ1) is 8.60. The number of esters is 1. The Morgan fingerprint density at radius 2 is 1.40 bits per heavy atom. The van der Waals surface area contributed by atoms with Gasteiger partial charge >= 0.3 is 16.4 Å². The number of carbonyl (C=O) groups excluding carboxylic acids is 1. The zero-order valence-corrected chi connectivity index (χ0v) is 13.1. The van der Waals surface area contributed by atoms with Gasteiger partial charge in [-0.25, -0.2) is 4.79 Å². The van der Waals surface area contributed by atoms with Gasteiger partial charge in [0.15, 0.2) is 5.60 Å². The SMILES string of the molecule is COC(=O)C1(O)CC(C)(C)NC(C)(C)C1.O=S(=O)(O)O.